The number of pyridine rings is 1. The van der Waals surface area contributed by atoms with E-state index in [4.69, 9.17) is 5.11 Å². The lowest BCUT2D eigenvalue weighted by Crippen LogP contribution is -2.06. The summed E-state index contributed by atoms with van der Waals surface area (Å²) in [5, 5.41) is 8.84. The van der Waals surface area contributed by atoms with Gasteiger partial charge in [0.05, 0.1) is 5.69 Å². The lowest BCUT2D eigenvalue weighted by atomic mass is 10.2. The van der Waals surface area contributed by atoms with E-state index in [9.17, 15) is 4.79 Å². The fraction of sp³-hybridized carbons (Fsp3) is 0.0909. The molecule has 2 heterocycles. The van der Waals surface area contributed by atoms with Crippen molar-refractivity contribution in [3.05, 3.63) is 42.1 Å². The zero-order chi connectivity index (χ0) is 11.5. The van der Waals surface area contributed by atoms with Gasteiger partial charge in [-0.1, -0.05) is 0 Å². The Morgan fingerprint density at radius 3 is 2.56 bits per heavy atom. The summed E-state index contributed by atoms with van der Waals surface area (Å²) in [6, 6.07) is 5.28. The maximum absolute atomic E-state index is 10.8. The molecule has 0 saturated heterocycles. The molecule has 0 amide bonds. The van der Waals surface area contributed by atoms with Crippen LogP contribution < -0.4 is 0 Å². The minimum Gasteiger partial charge on any atom is -0.475 e. The maximum atomic E-state index is 10.8. The first-order valence-corrected chi connectivity index (χ1v) is 4.66. The van der Waals surface area contributed by atoms with Gasteiger partial charge in [-0.05, 0) is 25.1 Å². The first kappa shape index (κ1) is 10.2. The van der Waals surface area contributed by atoms with E-state index in [2.05, 4.69) is 15.0 Å². The molecule has 1 N–H and O–H groups in total. The average molecular weight is 215 g/mol. The first-order chi connectivity index (χ1) is 7.66. The standard InChI is InChI=1S/C11H9N3O2/c1-7-6-9(8-2-4-12-5-3-8)14-10(13-7)11(15)16/h2-6H,1H3,(H,15,16). The zero-order valence-corrected chi connectivity index (χ0v) is 8.58. The van der Waals surface area contributed by atoms with Gasteiger partial charge in [0, 0.05) is 23.7 Å². The quantitative estimate of drug-likeness (QED) is 0.822. The van der Waals surface area contributed by atoms with Gasteiger partial charge in [-0.2, -0.15) is 0 Å². The molecular weight excluding hydrogens is 206 g/mol. The highest BCUT2D eigenvalue weighted by Gasteiger charge is 2.10. The molecule has 0 unspecified atom stereocenters. The number of hydrogen-bond donors (Lipinski definition) is 1. The van der Waals surface area contributed by atoms with Crippen molar-refractivity contribution in [3.63, 3.8) is 0 Å². The monoisotopic (exact) mass is 215 g/mol. The molecule has 2 aromatic heterocycles. The number of nitrogens with zero attached hydrogens (tertiary/aromatic N) is 3. The molecule has 0 atom stereocenters. The van der Waals surface area contributed by atoms with E-state index >= 15 is 0 Å². The predicted molar refractivity (Wildman–Crippen MR) is 57.0 cm³/mol. The number of aromatic carboxylic acids is 1. The summed E-state index contributed by atoms with van der Waals surface area (Å²) < 4.78 is 0. The topological polar surface area (TPSA) is 76.0 Å². The van der Waals surface area contributed by atoms with Gasteiger partial charge in [-0.25, -0.2) is 14.8 Å². The normalized spacial score (nSPS) is 10.1. The van der Waals surface area contributed by atoms with E-state index in [1.807, 2.05) is 0 Å². The summed E-state index contributed by atoms with van der Waals surface area (Å²) in [5.74, 6) is -1.31. The van der Waals surface area contributed by atoms with Crippen molar-refractivity contribution in [3.8, 4) is 11.3 Å². The molecule has 80 valence electrons. The molecule has 0 fully saturated rings. The zero-order valence-electron chi connectivity index (χ0n) is 8.58. The largest absolute Gasteiger partial charge is 0.475 e. The summed E-state index contributed by atoms with van der Waals surface area (Å²) in [4.78, 5) is 22.5. The van der Waals surface area contributed by atoms with Crippen LogP contribution in [0.25, 0.3) is 11.3 Å². The van der Waals surface area contributed by atoms with Gasteiger partial charge in [-0.15, -0.1) is 0 Å². The maximum Gasteiger partial charge on any atom is 0.373 e. The van der Waals surface area contributed by atoms with Crippen molar-refractivity contribution in [2.24, 2.45) is 0 Å². The summed E-state index contributed by atoms with van der Waals surface area (Å²) in [6.07, 6.45) is 3.26. The number of hydrogen-bond acceptors (Lipinski definition) is 4. The molecule has 2 rings (SSSR count). The van der Waals surface area contributed by atoms with Crippen molar-refractivity contribution < 1.29 is 9.90 Å². The number of carboxylic acids is 1. The van der Waals surface area contributed by atoms with E-state index in [1.54, 1.807) is 37.5 Å². The summed E-state index contributed by atoms with van der Waals surface area (Å²) in [6.45, 7) is 1.73. The summed E-state index contributed by atoms with van der Waals surface area (Å²) in [7, 11) is 0. The van der Waals surface area contributed by atoms with Gasteiger partial charge < -0.3 is 5.11 Å². The van der Waals surface area contributed by atoms with E-state index in [0.717, 1.165) is 5.56 Å². The Morgan fingerprint density at radius 2 is 1.94 bits per heavy atom. The Bertz CT molecular complexity index is 526. The van der Waals surface area contributed by atoms with E-state index in [1.165, 1.54) is 0 Å². The molecule has 0 aliphatic heterocycles. The highest BCUT2D eigenvalue weighted by Crippen LogP contribution is 2.16. The Kier molecular flexibility index (Phi) is 2.59. The second-order valence-corrected chi connectivity index (χ2v) is 3.26. The van der Waals surface area contributed by atoms with Crippen LogP contribution in [0.5, 0.6) is 0 Å². The van der Waals surface area contributed by atoms with Gasteiger partial charge in [0.2, 0.25) is 5.82 Å². The van der Waals surface area contributed by atoms with Crippen LogP contribution in [0.2, 0.25) is 0 Å². The minimum absolute atomic E-state index is 0.188. The van der Waals surface area contributed by atoms with Crippen molar-refractivity contribution in [2.45, 2.75) is 6.92 Å². The average Bonchev–Trinajstić information content (AvgIpc) is 2.29. The van der Waals surface area contributed by atoms with Crippen LogP contribution in [0, 0.1) is 6.92 Å². The number of carboxylic acid groups (broad SMARTS) is 1. The third-order valence-corrected chi connectivity index (χ3v) is 2.02. The van der Waals surface area contributed by atoms with E-state index in [0.29, 0.717) is 11.4 Å². The Hall–Kier alpha value is -2.30. The second kappa shape index (κ2) is 4.06. The lowest BCUT2D eigenvalue weighted by Gasteiger charge is -2.02. The van der Waals surface area contributed by atoms with Crippen LogP contribution in [0.3, 0.4) is 0 Å². The number of aryl methyl sites for hydroxylation is 1. The highest BCUT2D eigenvalue weighted by molar-refractivity contribution is 5.83. The van der Waals surface area contributed by atoms with Gasteiger partial charge in [0.25, 0.3) is 0 Å². The van der Waals surface area contributed by atoms with Gasteiger partial charge in [-0.3, -0.25) is 4.98 Å². The second-order valence-electron chi connectivity index (χ2n) is 3.26. The number of rotatable bonds is 2. The van der Waals surface area contributed by atoms with Gasteiger partial charge >= 0.3 is 5.97 Å². The molecular formula is C11H9N3O2. The van der Waals surface area contributed by atoms with Crippen molar-refractivity contribution >= 4 is 5.97 Å². The molecule has 0 saturated carbocycles. The molecule has 0 aliphatic rings. The van der Waals surface area contributed by atoms with E-state index in [-0.39, 0.29) is 5.82 Å². The molecule has 0 spiro atoms. The van der Waals surface area contributed by atoms with Crippen molar-refractivity contribution in [1.29, 1.82) is 0 Å². The van der Waals surface area contributed by atoms with Gasteiger partial charge in [0.15, 0.2) is 0 Å². The fourth-order valence-corrected chi connectivity index (χ4v) is 1.33. The van der Waals surface area contributed by atoms with Crippen LogP contribution in [-0.4, -0.2) is 26.0 Å². The molecule has 0 bridgehead atoms. The third-order valence-electron chi connectivity index (χ3n) is 2.02. The van der Waals surface area contributed by atoms with Crippen molar-refractivity contribution in [1.82, 2.24) is 15.0 Å². The Balaban J connectivity index is 2.54. The first-order valence-electron chi connectivity index (χ1n) is 4.66. The highest BCUT2D eigenvalue weighted by atomic mass is 16.4. The summed E-state index contributed by atoms with van der Waals surface area (Å²) >= 11 is 0. The Labute approximate surface area is 91.8 Å². The van der Waals surface area contributed by atoms with Crippen molar-refractivity contribution in [2.75, 3.05) is 0 Å². The third kappa shape index (κ3) is 2.03. The minimum atomic E-state index is -1.13. The van der Waals surface area contributed by atoms with Crippen LogP contribution in [0.1, 0.15) is 16.3 Å². The molecule has 2 aromatic rings. The smallest absolute Gasteiger partial charge is 0.373 e. The molecule has 16 heavy (non-hydrogen) atoms. The fourth-order valence-electron chi connectivity index (χ4n) is 1.33. The molecule has 5 heteroatoms. The lowest BCUT2D eigenvalue weighted by molar-refractivity contribution is 0.0683. The van der Waals surface area contributed by atoms with E-state index < -0.39 is 5.97 Å². The van der Waals surface area contributed by atoms with Crippen LogP contribution in [-0.2, 0) is 0 Å². The van der Waals surface area contributed by atoms with Crippen LogP contribution >= 0.6 is 0 Å². The SMILES string of the molecule is Cc1cc(-c2ccncc2)nc(C(=O)O)n1. The predicted octanol–water partition coefficient (Wildman–Crippen LogP) is 1.55. The number of aromatic nitrogens is 3. The molecule has 0 aromatic carbocycles. The van der Waals surface area contributed by atoms with Gasteiger partial charge in [0.1, 0.15) is 0 Å². The molecule has 5 nitrogen and oxygen atoms in total. The molecule has 0 radical (unpaired) electrons. The summed E-state index contributed by atoms with van der Waals surface area (Å²) in [5.41, 5.74) is 2.04. The van der Waals surface area contributed by atoms with Crippen LogP contribution in [0.15, 0.2) is 30.6 Å². The number of carbonyl (C=O) groups is 1. The van der Waals surface area contributed by atoms with Crippen LogP contribution in [0.4, 0.5) is 0 Å². The Morgan fingerprint density at radius 1 is 1.25 bits per heavy atom. The molecule has 0 aliphatic carbocycles.